The molecule has 0 spiro atoms. The van der Waals surface area contributed by atoms with Crippen LogP contribution in [0.4, 0.5) is 16.2 Å². The Labute approximate surface area is 197 Å². The second-order valence-corrected chi connectivity index (χ2v) is 8.29. The molecule has 1 N–H and O–H groups in total. The van der Waals surface area contributed by atoms with Crippen LogP contribution in [0.25, 0.3) is 0 Å². The summed E-state index contributed by atoms with van der Waals surface area (Å²) >= 11 is 6.13. The van der Waals surface area contributed by atoms with Gasteiger partial charge in [-0.25, -0.2) is 9.69 Å². The summed E-state index contributed by atoms with van der Waals surface area (Å²) in [6, 6.07) is 13.3. The number of hydrogen-bond acceptors (Lipinski definition) is 3. The number of halogens is 1. The first-order valence-corrected chi connectivity index (χ1v) is 12.1. The molecule has 32 heavy (non-hydrogen) atoms. The van der Waals surface area contributed by atoms with Gasteiger partial charge in [0.2, 0.25) is 6.41 Å². The molecule has 0 unspecified atom stereocenters. The van der Waals surface area contributed by atoms with E-state index in [0.717, 1.165) is 17.7 Å². The van der Waals surface area contributed by atoms with E-state index >= 15 is 0 Å². The van der Waals surface area contributed by atoms with Crippen LogP contribution in [0.3, 0.4) is 0 Å². The fourth-order valence-corrected chi connectivity index (χ4v) is 3.73. The molecule has 0 bridgehead atoms. The lowest BCUT2D eigenvalue weighted by Crippen LogP contribution is -2.34. The van der Waals surface area contributed by atoms with Crippen LogP contribution in [0.2, 0.25) is 5.02 Å². The Bertz CT molecular complexity index is 828. The molecule has 2 rings (SSSR count). The quantitative estimate of drug-likeness (QED) is 0.218. The van der Waals surface area contributed by atoms with Gasteiger partial charge in [-0.2, -0.15) is 0 Å². The first kappa shape index (κ1) is 25.7. The monoisotopic (exact) mass is 458 g/mol. The van der Waals surface area contributed by atoms with Crippen LogP contribution in [0.15, 0.2) is 48.5 Å². The normalized spacial score (nSPS) is 10.6. The van der Waals surface area contributed by atoms with Crippen molar-refractivity contribution in [2.75, 3.05) is 16.8 Å². The number of unbranched alkanes of at least 4 members (excludes halogenated alkanes) is 9. The van der Waals surface area contributed by atoms with Crippen molar-refractivity contribution in [3.8, 4) is 5.75 Å². The molecule has 0 saturated heterocycles. The molecule has 2 aromatic rings. The Balaban J connectivity index is 1.76. The van der Waals surface area contributed by atoms with Gasteiger partial charge in [0.15, 0.2) is 0 Å². The largest absolute Gasteiger partial charge is 0.491 e. The minimum absolute atomic E-state index is 0.320. The Kier molecular flexibility index (Phi) is 12.3. The van der Waals surface area contributed by atoms with Crippen molar-refractivity contribution in [3.05, 3.63) is 53.6 Å². The highest BCUT2D eigenvalue weighted by molar-refractivity contribution is 6.34. The van der Waals surface area contributed by atoms with Crippen LogP contribution in [0, 0.1) is 0 Å². The van der Waals surface area contributed by atoms with Gasteiger partial charge < -0.3 is 10.1 Å². The standard InChI is InChI=1S/C26H35ClN2O3/c1-2-3-4-5-6-7-8-9-10-15-20-32-25-19-14-12-17-23(25)28-26(31)29(21-30)24-18-13-11-16-22(24)27/h11-14,16-19,21H,2-10,15,20H2,1H3,(H,28,31). The molecule has 0 aromatic heterocycles. The van der Waals surface area contributed by atoms with E-state index in [1.54, 1.807) is 30.3 Å². The molecule has 0 saturated carbocycles. The number of rotatable bonds is 15. The highest BCUT2D eigenvalue weighted by Gasteiger charge is 2.18. The zero-order valence-corrected chi connectivity index (χ0v) is 19.8. The number of urea groups is 1. The Morgan fingerprint density at radius 3 is 2.16 bits per heavy atom. The van der Waals surface area contributed by atoms with Gasteiger partial charge in [-0.1, -0.05) is 101 Å². The van der Waals surface area contributed by atoms with Gasteiger partial charge in [-0.05, 0) is 30.7 Å². The van der Waals surface area contributed by atoms with Crippen molar-refractivity contribution in [2.24, 2.45) is 0 Å². The molecule has 5 nitrogen and oxygen atoms in total. The zero-order valence-electron chi connectivity index (χ0n) is 19.0. The molecule has 0 aliphatic heterocycles. The van der Waals surface area contributed by atoms with Gasteiger partial charge >= 0.3 is 6.03 Å². The zero-order chi connectivity index (χ0) is 23.0. The second-order valence-electron chi connectivity index (χ2n) is 7.88. The van der Waals surface area contributed by atoms with E-state index < -0.39 is 6.03 Å². The van der Waals surface area contributed by atoms with Gasteiger partial charge in [0.25, 0.3) is 0 Å². The van der Waals surface area contributed by atoms with Gasteiger partial charge in [0.05, 0.1) is 23.0 Å². The number of hydrogen-bond donors (Lipinski definition) is 1. The average molecular weight is 459 g/mol. The van der Waals surface area contributed by atoms with Crippen LogP contribution in [-0.2, 0) is 4.79 Å². The van der Waals surface area contributed by atoms with E-state index in [4.69, 9.17) is 16.3 Å². The van der Waals surface area contributed by atoms with E-state index in [1.807, 2.05) is 18.2 Å². The minimum Gasteiger partial charge on any atom is -0.491 e. The number of carbonyl (C=O) groups excluding carboxylic acids is 2. The smallest absolute Gasteiger partial charge is 0.333 e. The van der Waals surface area contributed by atoms with Crippen molar-refractivity contribution in [1.82, 2.24) is 0 Å². The van der Waals surface area contributed by atoms with Crippen molar-refractivity contribution in [3.63, 3.8) is 0 Å². The van der Waals surface area contributed by atoms with E-state index in [0.29, 0.717) is 35.2 Å². The third-order valence-electron chi connectivity index (χ3n) is 5.32. The van der Waals surface area contributed by atoms with Crippen LogP contribution < -0.4 is 15.0 Å². The first-order chi connectivity index (χ1) is 15.7. The number of amides is 3. The second kappa shape index (κ2) is 15.3. The summed E-state index contributed by atoms with van der Waals surface area (Å²) < 4.78 is 5.91. The SMILES string of the molecule is CCCCCCCCCCCCOc1ccccc1NC(=O)N(C=O)c1ccccc1Cl. The number of anilines is 2. The average Bonchev–Trinajstić information content (AvgIpc) is 2.80. The third kappa shape index (κ3) is 8.91. The van der Waals surface area contributed by atoms with Gasteiger partial charge in [0.1, 0.15) is 5.75 Å². The summed E-state index contributed by atoms with van der Waals surface area (Å²) in [5.74, 6) is 0.585. The van der Waals surface area contributed by atoms with Crippen molar-refractivity contribution in [1.29, 1.82) is 0 Å². The fraction of sp³-hybridized carbons (Fsp3) is 0.462. The topological polar surface area (TPSA) is 58.6 Å². The lowest BCUT2D eigenvalue weighted by Gasteiger charge is -2.19. The van der Waals surface area contributed by atoms with Crippen molar-refractivity contribution < 1.29 is 14.3 Å². The number of imide groups is 1. The molecular weight excluding hydrogens is 424 g/mol. The molecule has 6 heteroatoms. The number of ether oxygens (including phenoxy) is 1. The van der Waals surface area contributed by atoms with Gasteiger partial charge in [-0.3, -0.25) is 4.79 Å². The molecule has 2 aromatic carbocycles. The van der Waals surface area contributed by atoms with Crippen LogP contribution in [0.5, 0.6) is 5.75 Å². The molecule has 0 atom stereocenters. The van der Waals surface area contributed by atoms with Gasteiger partial charge in [-0.15, -0.1) is 0 Å². The lowest BCUT2D eigenvalue weighted by molar-refractivity contribution is -0.106. The Hall–Kier alpha value is -2.53. The Morgan fingerprint density at radius 2 is 1.50 bits per heavy atom. The van der Waals surface area contributed by atoms with E-state index in [-0.39, 0.29) is 0 Å². The molecule has 0 radical (unpaired) electrons. The highest BCUT2D eigenvalue weighted by atomic mass is 35.5. The predicted molar refractivity (Wildman–Crippen MR) is 133 cm³/mol. The number of benzene rings is 2. The molecule has 0 aliphatic rings. The number of nitrogens with zero attached hydrogens (tertiary/aromatic N) is 1. The van der Waals surface area contributed by atoms with Crippen LogP contribution in [0.1, 0.15) is 71.1 Å². The first-order valence-electron chi connectivity index (χ1n) is 11.7. The molecular formula is C26H35ClN2O3. The summed E-state index contributed by atoms with van der Waals surface area (Å²) in [4.78, 5) is 25.2. The maximum Gasteiger partial charge on any atom is 0.333 e. The lowest BCUT2D eigenvalue weighted by atomic mass is 10.1. The molecule has 0 heterocycles. The number of carbonyl (C=O) groups is 2. The summed E-state index contributed by atoms with van der Waals surface area (Å²) in [6.45, 7) is 2.83. The number of para-hydroxylation sites is 3. The summed E-state index contributed by atoms with van der Waals surface area (Å²) in [5, 5.41) is 3.07. The maximum absolute atomic E-state index is 12.7. The minimum atomic E-state index is -0.594. The summed E-state index contributed by atoms with van der Waals surface area (Å²) in [5.41, 5.74) is 0.842. The molecule has 0 fully saturated rings. The maximum atomic E-state index is 12.7. The van der Waals surface area contributed by atoms with Crippen molar-refractivity contribution >= 4 is 35.4 Å². The van der Waals surface area contributed by atoms with Crippen molar-refractivity contribution in [2.45, 2.75) is 71.1 Å². The van der Waals surface area contributed by atoms with Crippen LogP contribution in [-0.4, -0.2) is 19.0 Å². The van der Waals surface area contributed by atoms with E-state index in [2.05, 4.69) is 12.2 Å². The highest BCUT2D eigenvalue weighted by Crippen LogP contribution is 2.27. The number of nitrogens with one attached hydrogen (secondary N) is 1. The van der Waals surface area contributed by atoms with E-state index in [1.165, 1.54) is 51.4 Å². The molecule has 3 amide bonds. The fourth-order valence-electron chi connectivity index (χ4n) is 3.50. The summed E-state index contributed by atoms with van der Waals surface area (Å²) in [6.07, 6.45) is 13.1. The molecule has 174 valence electrons. The predicted octanol–water partition coefficient (Wildman–Crippen LogP) is 7.83. The van der Waals surface area contributed by atoms with E-state index in [9.17, 15) is 9.59 Å². The van der Waals surface area contributed by atoms with Crippen LogP contribution >= 0.6 is 11.6 Å². The molecule has 0 aliphatic carbocycles. The summed E-state index contributed by atoms with van der Waals surface area (Å²) in [7, 11) is 0. The van der Waals surface area contributed by atoms with Gasteiger partial charge in [0, 0.05) is 0 Å². The third-order valence-corrected chi connectivity index (χ3v) is 5.64. The Morgan fingerprint density at radius 1 is 0.906 bits per heavy atom.